The van der Waals surface area contributed by atoms with E-state index < -0.39 is 0 Å². The van der Waals surface area contributed by atoms with Gasteiger partial charge in [-0.25, -0.2) is 0 Å². The van der Waals surface area contributed by atoms with E-state index in [1.807, 2.05) is 19.2 Å². The van der Waals surface area contributed by atoms with Gasteiger partial charge < -0.3 is 0 Å². The first-order chi connectivity index (χ1) is 4.75. The third-order valence-corrected chi connectivity index (χ3v) is 2.62. The highest BCUT2D eigenvalue weighted by molar-refractivity contribution is 7.98. The van der Waals surface area contributed by atoms with Gasteiger partial charge in [0.05, 0.1) is 10.7 Å². The zero-order chi connectivity index (χ0) is 7.56. The zero-order valence-electron chi connectivity index (χ0n) is 5.89. The molecule has 0 unspecified atom stereocenters. The molecule has 0 aliphatic carbocycles. The molecule has 0 spiro atoms. The van der Waals surface area contributed by atoms with Crippen molar-refractivity contribution in [3.05, 3.63) is 23.0 Å². The molecule has 54 valence electrons. The Morgan fingerprint density at radius 2 is 2.30 bits per heavy atom. The minimum Gasteiger partial charge on any atom is -0.260 e. The van der Waals surface area contributed by atoms with Crippen molar-refractivity contribution in [2.24, 2.45) is 0 Å². The maximum atomic E-state index is 5.91. The molecule has 3 heteroatoms. The Labute approximate surface area is 69.8 Å². The topological polar surface area (TPSA) is 12.9 Å². The van der Waals surface area contributed by atoms with E-state index in [0.717, 1.165) is 15.6 Å². The van der Waals surface area contributed by atoms with Crippen molar-refractivity contribution in [1.29, 1.82) is 0 Å². The molecule has 0 N–H and O–H groups in total. The van der Waals surface area contributed by atoms with E-state index in [2.05, 4.69) is 4.98 Å². The third kappa shape index (κ3) is 1.44. The summed E-state index contributed by atoms with van der Waals surface area (Å²) in [5.41, 5.74) is 0.897. The lowest BCUT2D eigenvalue weighted by molar-refractivity contribution is 1.16. The minimum atomic E-state index is 0.773. The third-order valence-electron chi connectivity index (χ3n) is 1.25. The summed E-state index contributed by atoms with van der Waals surface area (Å²) in [4.78, 5) is 5.13. The van der Waals surface area contributed by atoms with E-state index in [9.17, 15) is 0 Å². The highest BCUT2D eigenvalue weighted by Crippen LogP contribution is 2.25. The van der Waals surface area contributed by atoms with Gasteiger partial charge in [-0.2, -0.15) is 0 Å². The van der Waals surface area contributed by atoms with Gasteiger partial charge in [-0.1, -0.05) is 11.6 Å². The van der Waals surface area contributed by atoms with Gasteiger partial charge in [-0.05, 0) is 19.2 Å². The number of hydrogen-bond donors (Lipinski definition) is 0. The zero-order valence-corrected chi connectivity index (χ0v) is 7.46. The molecule has 0 aromatic carbocycles. The SMILES string of the molecule is CSc1ccnc(C)c1Cl. The van der Waals surface area contributed by atoms with Crippen LogP contribution in [-0.2, 0) is 0 Å². The maximum Gasteiger partial charge on any atom is 0.0754 e. The van der Waals surface area contributed by atoms with E-state index >= 15 is 0 Å². The smallest absolute Gasteiger partial charge is 0.0754 e. The van der Waals surface area contributed by atoms with E-state index in [1.54, 1.807) is 18.0 Å². The lowest BCUT2D eigenvalue weighted by atomic mass is 10.4. The average molecular weight is 174 g/mol. The fraction of sp³-hybridized carbons (Fsp3) is 0.286. The molecule has 1 rings (SSSR count). The lowest BCUT2D eigenvalue weighted by Crippen LogP contribution is -1.82. The minimum absolute atomic E-state index is 0.773. The summed E-state index contributed by atoms with van der Waals surface area (Å²) >= 11 is 7.55. The van der Waals surface area contributed by atoms with Crippen LogP contribution in [0.3, 0.4) is 0 Å². The van der Waals surface area contributed by atoms with Crippen molar-refractivity contribution in [2.45, 2.75) is 11.8 Å². The predicted molar refractivity (Wildman–Crippen MR) is 45.8 cm³/mol. The fourth-order valence-electron chi connectivity index (χ4n) is 0.683. The summed E-state index contributed by atoms with van der Waals surface area (Å²) in [6.07, 6.45) is 3.77. The predicted octanol–water partition coefficient (Wildman–Crippen LogP) is 2.77. The van der Waals surface area contributed by atoms with Crippen LogP contribution in [0.4, 0.5) is 0 Å². The number of pyridine rings is 1. The van der Waals surface area contributed by atoms with Gasteiger partial charge in [0.15, 0.2) is 0 Å². The average Bonchev–Trinajstić information content (AvgIpc) is 1.95. The van der Waals surface area contributed by atoms with Gasteiger partial charge in [0, 0.05) is 11.1 Å². The first kappa shape index (κ1) is 7.89. The first-order valence-electron chi connectivity index (χ1n) is 2.91. The van der Waals surface area contributed by atoms with E-state index in [-0.39, 0.29) is 0 Å². The van der Waals surface area contributed by atoms with Gasteiger partial charge in [0.1, 0.15) is 0 Å². The molecule has 10 heavy (non-hydrogen) atoms. The molecule has 0 radical (unpaired) electrons. The summed E-state index contributed by atoms with van der Waals surface area (Å²) in [7, 11) is 0. The van der Waals surface area contributed by atoms with E-state index in [4.69, 9.17) is 11.6 Å². The molecule has 0 amide bonds. The van der Waals surface area contributed by atoms with Gasteiger partial charge >= 0.3 is 0 Å². The number of thioether (sulfide) groups is 1. The highest BCUT2D eigenvalue weighted by Gasteiger charge is 2.00. The maximum absolute atomic E-state index is 5.91. The Hall–Kier alpha value is -0.210. The Kier molecular flexibility index (Phi) is 2.57. The van der Waals surface area contributed by atoms with E-state index in [0.29, 0.717) is 0 Å². The van der Waals surface area contributed by atoms with Crippen LogP contribution in [0.25, 0.3) is 0 Å². The Morgan fingerprint density at radius 3 is 2.80 bits per heavy atom. The first-order valence-corrected chi connectivity index (χ1v) is 4.51. The normalized spacial score (nSPS) is 9.90. The van der Waals surface area contributed by atoms with Crippen molar-refractivity contribution >= 4 is 23.4 Å². The highest BCUT2D eigenvalue weighted by atomic mass is 35.5. The Balaban J connectivity index is 3.14. The molecule has 1 nitrogen and oxygen atoms in total. The van der Waals surface area contributed by atoms with Crippen molar-refractivity contribution in [3.63, 3.8) is 0 Å². The van der Waals surface area contributed by atoms with Crippen molar-refractivity contribution < 1.29 is 0 Å². The molecule has 0 aliphatic rings. The standard InChI is InChI=1S/C7H8ClNS/c1-5-7(8)6(10-2)3-4-9-5/h3-4H,1-2H3. The molecule has 0 saturated carbocycles. The summed E-state index contributed by atoms with van der Waals surface area (Å²) in [5.74, 6) is 0. The van der Waals surface area contributed by atoms with Crippen LogP contribution < -0.4 is 0 Å². The van der Waals surface area contributed by atoms with Crippen molar-refractivity contribution in [2.75, 3.05) is 6.26 Å². The van der Waals surface area contributed by atoms with Crippen molar-refractivity contribution in [3.8, 4) is 0 Å². The Morgan fingerprint density at radius 1 is 1.60 bits per heavy atom. The van der Waals surface area contributed by atoms with Gasteiger partial charge in [0.2, 0.25) is 0 Å². The van der Waals surface area contributed by atoms with Gasteiger partial charge in [0.25, 0.3) is 0 Å². The van der Waals surface area contributed by atoms with Crippen LogP contribution in [0.2, 0.25) is 5.02 Å². The van der Waals surface area contributed by atoms with Crippen LogP contribution >= 0.6 is 23.4 Å². The molecule has 0 bridgehead atoms. The van der Waals surface area contributed by atoms with Crippen LogP contribution in [0.15, 0.2) is 17.2 Å². The van der Waals surface area contributed by atoms with Crippen LogP contribution in [0.1, 0.15) is 5.69 Å². The lowest BCUT2D eigenvalue weighted by Gasteiger charge is -2.00. The molecular formula is C7H8ClNS. The molecule has 0 fully saturated rings. The molecule has 0 aliphatic heterocycles. The molecule has 1 aromatic heterocycles. The summed E-state index contributed by atoms with van der Waals surface area (Å²) in [5, 5.41) is 0.773. The number of aryl methyl sites for hydroxylation is 1. The summed E-state index contributed by atoms with van der Waals surface area (Å²) in [6.45, 7) is 1.90. The van der Waals surface area contributed by atoms with Crippen molar-refractivity contribution in [1.82, 2.24) is 4.98 Å². The number of aromatic nitrogens is 1. The number of nitrogens with zero attached hydrogens (tertiary/aromatic N) is 1. The Bertz CT molecular complexity index is 237. The van der Waals surface area contributed by atoms with Crippen LogP contribution in [0, 0.1) is 6.92 Å². The molecule has 0 saturated heterocycles. The van der Waals surface area contributed by atoms with E-state index in [1.165, 1.54) is 0 Å². The molecular weight excluding hydrogens is 166 g/mol. The summed E-state index contributed by atoms with van der Waals surface area (Å²) < 4.78 is 0. The molecule has 0 atom stereocenters. The molecule has 1 aromatic rings. The monoisotopic (exact) mass is 173 g/mol. The van der Waals surface area contributed by atoms with Gasteiger partial charge in [-0.15, -0.1) is 11.8 Å². The summed E-state index contributed by atoms with van der Waals surface area (Å²) in [6, 6.07) is 1.92. The molecule has 1 heterocycles. The van der Waals surface area contributed by atoms with Crippen LogP contribution in [0.5, 0.6) is 0 Å². The fourth-order valence-corrected chi connectivity index (χ4v) is 1.55. The van der Waals surface area contributed by atoms with Crippen LogP contribution in [-0.4, -0.2) is 11.2 Å². The second-order valence-corrected chi connectivity index (χ2v) is 3.14. The number of hydrogen-bond acceptors (Lipinski definition) is 2. The second-order valence-electron chi connectivity index (χ2n) is 1.91. The van der Waals surface area contributed by atoms with Gasteiger partial charge in [-0.3, -0.25) is 4.98 Å². The number of rotatable bonds is 1. The largest absolute Gasteiger partial charge is 0.260 e. The number of halogens is 1. The second kappa shape index (κ2) is 3.26. The quantitative estimate of drug-likeness (QED) is 0.606.